The van der Waals surface area contributed by atoms with Crippen molar-refractivity contribution in [3.8, 4) is 5.75 Å². The molecule has 6 heteroatoms. The fraction of sp³-hybridized carbons (Fsp3) is 0.0625. The Morgan fingerprint density at radius 3 is 2.68 bits per heavy atom. The molecule has 3 nitrogen and oxygen atoms in total. The van der Waals surface area contributed by atoms with Gasteiger partial charge in [0.1, 0.15) is 5.75 Å². The Hall–Kier alpha value is -1.62. The minimum Gasteiger partial charge on any atom is -0.495 e. The second-order valence-corrected chi connectivity index (χ2v) is 6.47. The first kappa shape index (κ1) is 15.3. The number of ether oxygens (including phenoxy) is 1. The summed E-state index contributed by atoms with van der Waals surface area (Å²) in [6.07, 6.45) is 1.72. The largest absolute Gasteiger partial charge is 0.495 e. The van der Waals surface area contributed by atoms with Crippen LogP contribution in [0.2, 0.25) is 10.0 Å². The van der Waals surface area contributed by atoms with Crippen LogP contribution >= 0.6 is 35.0 Å². The van der Waals surface area contributed by atoms with Crippen LogP contribution in [0.4, 0.5) is 5.69 Å². The number of rotatable bonds is 3. The molecule has 1 heterocycles. The molecule has 0 aliphatic rings. The Bertz CT molecular complexity index is 855. The number of hydrogen-bond donors (Lipinski definition) is 1. The predicted molar refractivity (Wildman–Crippen MR) is 93.3 cm³/mol. The van der Waals surface area contributed by atoms with E-state index in [-0.39, 0.29) is 0 Å². The first-order valence-corrected chi connectivity index (χ1v) is 8.01. The molecule has 112 valence electrons. The monoisotopic (exact) mass is 350 g/mol. The normalized spacial score (nSPS) is 10.9. The Balaban J connectivity index is 2.16. The molecule has 0 radical (unpaired) electrons. The summed E-state index contributed by atoms with van der Waals surface area (Å²) >= 11 is 13.6. The van der Waals surface area contributed by atoms with Crippen molar-refractivity contribution in [3.63, 3.8) is 0 Å². The van der Waals surface area contributed by atoms with E-state index in [2.05, 4.69) is 4.98 Å². The first-order valence-electron chi connectivity index (χ1n) is 6.44. The van der Waals surface area contributed by atoms with Gasteiger partial charge in [-0.3, -0.25) is 4.98 Å². The number of anilines is 1. The lowest BCUT2D eigenvalue weighted by molar-refractivity contribution is 0.406. The molecule has 0 atom stereocenters. The van der Waals surface area contributed by atoms with Gasteiger partial charge in [0, 0.05) is 22.5 Å². The minimum absolute atomic E-state index is 0.517. The second kappa shape index (κ2) is 6.24. The van der Waals surface area contributed by atoms with E-state index in [0.717, 1.165) is 20.7 Å². The molecule has 0 unspecified atom stereocenters. The smallest absolute Gasteiger partial charge is 0.135 e. The van der Waals surface area contributed by atoms with Crippen LogP contribution in [0.15, 0.2) is 52.4 Å². The molecular formula is C16H12Cl2N2OS. The number of nitrogens with two attached hydrogens (primary N) is 1. The van der Waals surface area contributed by atoms with Gasteiger partial charge in [-0.15, -0.1) is 0 Å². The van der Waals surface area contributed by atoms with E-state index in [1.807, 2.05) is 24.3 Å². The van der Waals surface area contributed by atoms with Gasteiger partial charge in [-0.1, -0.05) is 35.0 Å². The molecule has 0 amide bonds. The molecule has 22 heavy (non-hydrogen) atoms. The predicted octanol–water partition coefficient (Wildman–Crippen LogP) is 5.28. The number of aromatic nitrogens is 1. The molecule has 0 aliphatic carbocycles. The Morgan fingerprint density at radius 1 is 1.14 bits per heavy atom. The first-order chi connectivity index (χ1) is 10.6. The van der Waals surface area contributed by atoms with Crippen LogP contribution in [0.1, 0.15) is 0 Å². The van der Waals surface area contributed by atoms with Gasteiger partial charge < -0.3 is 10.5 Å². The third-order valence-electron chi connectivity index (χ3n) is 3.17. The zero-order chi connectivity index (χ0) is 15.7. The average molecular weight is 351 g/mol. The van der Waals surface area contributed by atoms with Crippen LogP contribution < -0.4 is 10.5 Å². The van der Waals surface area contributed by atoms with Crippen LogP contribution in [-0.2, 0) is 0 Å². The fourth-order valence-electron chi connectivity index (χ4n) is 2.14. The number of nitrogens with zero attached hydrogens (tertiary/aromatic N) is 1. The number of methoxy groups -OCH3 is 1. The van der Waals surface area contributed by atoms with Crippen molar-refractivity contribution in [2.75, 3.05) is 12.8 Å². The van der Waals surface area contributed by atoms with Gasteiger partial charge in [0.2, 0.25) is 0 Å². The highest BCUT2D eigenvalue weighted by Crippen LogP contribution is 2.43. The summed E-state index contributed by atoms with van der Waals surface area (Å²) in [6, 6.07) is 11.1. The molecule has 0 fully saturated rings. The molecule has 3 rings (SSSR count). The molecule has 0 spiro atoms. The lowest BCUT2D eigenvalue weighted by Crippen LogP contribution is -1.95. The highest BCUT2D eigenvalue weighted by atomic mass is 35.5. The summed E-state index contributed by atoms with van der Waals surface area (Å²) in [5.41, 5.74) is 7.39. The van der Waals surface area contributed by atoms with Gasteiger partial charge >= 0.3 is 0 Å². The van der Waals surface area contributed by atoms with Crippen molar-refractivity contribution in [2.24, 2.45) is 0 Å². The van der Waals surface area contributed by atoms with E-state index in [9.17, 15) is 0 Å². The summed E-state index contributed by atoms with van der Waals surface area (Å²) in [6.45, 7) is 0. The average Bonchev–Trinajstić information content (AvgIpc) is 2.53. The van der Waals surface area contributed by atoms with Crippen molar-refractivity contribution in [1.29, 1.82) is 0 Å². The third kappa shape index (κ3) is 2.82. The molecule has 1 aromatic heterocycles. The highest BCUT2D eigenvalue weighted by Gasteiger charge is 2.14. The maximum Gasteiger partial charge on any atom is 0.135 e. The standard InChI is InChI=1S/C16H12Cl2N2OS/c1-21-14-8-13(19)15-10(3-2-6-20-15)16(14)22-9-4-5-11(17)12(18)7-9/h2-8H,19H2,1H3. The van der Waals surface area contributed by atoms with Crippen LogP contribution in [0.5, 0.6) is 5.75 Å². The Morgan fingerprint density at radius 2 is 1.95 bits per heavy atom. The van der Waals surface area contributed by atoms with Crippen molar-refractivity contribution < 1.29 is 4.74 Å². The number of pyridine rings is 1. The van der Waals surface area contributed by atoms with E-state index < -0.39 is 0 Å². The molecule has 2 aromatic carbocycles. The number of fused-ring (bicyclic) bond motifs is 1. The molecule has 3 aromatic rings. The lowest BCUT2D eigenvalue weighted by atomic mass is 10.2. The summed E-state index contributed by atoms with van der Waals surface area (Å²) in [4.78, 5) is 6.25. The molecule has 2 N–H and O–H groups in total. The number of benzene rings is 2. The van der Waals surface area contributed by atoms with E-state index in [4.69, 9.17) is 33.7 Å². The van der Waals surface area contributed by atoms with E-state index in [1.165, 1.54) is 11.8 Å². The minimum atomic E-state index is 0.517. The van der Waals surface area contributed by atoms with Gasteiger partial charge in [0.25, 0.3) is 0 Å². The Kier molecular flexibility index (Phi) is 4.34. The summed E-state index contributed by atoms with van der Waals surface area (Å²) in [7, 11) is 1.62. The zero-order valence-corrected chi connectivity index (χ0v) is 14.0. The van der Waals surface area contributed by atoms with Gasteiger partial charge in [0.05, 0.1) is 33.3 Å². The SMILES string of the molecule is COc1cc(N)c2ncccc2c1Sc1ccc(Cl)c(Cl)c1. The van der Waals surface area contributed by atoms with Crippen LogP contribution in [0.25, 0.3) is 10.9 Å². The van der Waals surface area contributed by atoms with Crippen LogP contribution in [0, 0.1) is 0 Å². The molecular weight excluding hydrogens is 339 g/mol. The topological polar surface area (TPSA) is 48.1 Å². The van der Waals surface area contributed by atoms with E-state index in [0.29, 0.717) is 21.5 Å². The second-order valence-electron chi connectivity index (χ2n) is 4.57. The summed E-state index contributed by atoms with van der Waals surface area (Å²) in [5, 5.41) is 1.99. The fourth-order valence-corrected chi connectivity index (χ4v) is 3.57. The van der Waals surface area contributed by atoms with Crippen LogP contribution in [0.3, 0.4) is 0 Å². The summed E-state index contributed by atoms with van der Waals surface area (Å²) < 4.78 is 5.47. The maximum atomic E-state index is 6.09. The van der Waals surface area contributed by atoms with Crippen molar-refractivity contribution in [2.45, 2.75) is 9.79 Å². The molecule has 0 bridgehead atoms. The molecule has 0 saturated carbocycles. The van der Waals surface area contributed by atoms with Gasteiger partial charge in [-0.2, -0.15) is 0 Å². The van der Waals surface area contributed by atoms with E-state index >= 15 is 0 Å². The lowest BCUT2D eigenvalue weighted by Gasteiger charge is -2.13. The number of halogens is 2. The van der Waals surface area contributed by atoms with Gasteiger partial charge in [-0.05, 0) is 30.3 Å². The van der Waals surface area contributed by atoms with Crippen molar-refractivity contribution in [1.82, 2.24) is 4.98 Å². The van der Waals surface area contributed by atoms with Gasteiger partial charge in [0.15, 0.2) is 0 Å². The van der Waals surface area contributed by atoms with Crippen molar-refractivity contribution in [3.05, 3.63) is 52.6 Å². The summed E-state index contributed by atoms with van der Waals surface area (Å²) in [5.74, 6) is 0.703. The Labute approximate surface area is 142 Å². The zero-order valence-electron chi connectivity index (χ0n) is 11.6. The quantitative estimate of drug-likeness (QED) is 0.652. The van der Waals surface area contributed by atoms with Crippen molar-refractivity contribution >= 4 is 51.6 Å². The van der Waals surface area contributed by atoms with Crippen LogP contribution in [-0.4, -0.2) is 12.1 Å². The highest BCUT2D eigenvalue weighted by molar-refractivity contribution is 7.99. The molecule has 0 aliphatic heterocycles. The van der Waals surface area contributed by atoms with Gasteiger partial charge in [-0.25, -0.2) is 0 Å². The number of nitrogen functional groups attached to an aromatic ring is 1. The third-order valence-corrected chi connectivity index (χ3v) is 5.02. The van der Waals surface area contributed by atoms with E-state index in [1.54, 1.807) is 25.4 Å². The molecule has 0 saturated heterocycles. The number of hydrogen-bond acceptors (Lipinski definition) is 4. The maximum absolute atomic E-state index is 6.09.